The molecule has 1 aliphatic rings. The van der Waals surface area contributed by atoms with Crippen molar-refractivity contribution in [2.45, 2.75) is 17.6 Å². The van der Waals surface area contributed by atoms with Crippen LogP contribution in [0.3, 0.4) is 0 Å². The summed E-state index contributed by atoms with van der Waals surface area (Å²) in [4.78, 5) is 12.2. The van der Waals surface area contributed by atoms with Gasteiger partial charge in [-0.1, -0.05) is 6.07 Å². The van der Waals surface area contributed by atoms with Gasteiger partial charge < -0.3 is 10.6 Å². The van der Waals surface area contributed by atoms with Crippen molar-refractivity contribution in [1.82, 2.24) is 15.0 Å². The molecule has 1 aliphatic heterocycles. The van der Waals surface area contributed by atoms with E-state index in [1.54, 1.807) is 6.07 Å². The summed E-state index contributed by atoms with van der Waals surface area (Å²) in [7, 11) is -4.18. The molecule has 3 N–H and O–H groups in total. The third-order valence-electron chi connectivity index (χ3n) is 4.45. The first-order chi connectivity index (χ1) is 14.7. The van der Waals surface area contributed by atoms with Crippen molar-refractivity contribution >= 4 is 27.5 Å². The highest BCUT2D eigenvalue weighted by Gasteiger charge is 2.35. The average Bonchev–Trinajstić information content (AvgIpc) is 2.72. The lowest BCUT2D eigenvalue weighted by Crippen LogP contribution is -2.17. The van der Waals surface area contributed by atoms with Crippen LogP contribution in [0.15, 0.2) is 53.7 Å². The Morgan fingerprint density at radius 3 is 2.52 bits per heavy atom. The van der Waals surface area contributed by atoms with Crippen molar-refractivity contribution in [2.24, 2.45) is 0 Å². The molecule has 12 heteroatoms. The van der Waals surface area contributed by atoms with E-state index in [1.807, 2.05) is 0 Å². The highest BCUT2D eigenvalue weighted by atomic mass is 32.2. The number of pyridine rings is 3. The summed E-state index contributed by atoms with van der Waals surface area (Å²) in [6.45, 7) is 0.868. The second-order valence-corrected chi connectivity index (χ2v) is 8.29. The first kappa shape index (κ1) is 20.8. The lowest BCUT2D eigenvalue weighted by Gasteiger charge is -2.16. The molecule has 0 aromatic carbocycles. The summed E-state index contributed by atoms with van der Waals surface area (Å²) >= 11 is 0. The molecule has 0 fully saturated rings. The van der Waals surface area contributed by atoms with Crippen LogP contribution in [-0.4, -0.2) is 36.5 Å². The minimum absolute atomic E-state index is 0.109. The first-order valence-electron chi connectivity index (χ1n) is 9.25. The van der Waals surface area contributed by atoms with Crippen LogP contribution in [0.2, 0.25) is 0 Å². The van der Waals surface area contributed by atoms with E-state index in [4.69, 9.17) is 0 Å². The summed E-state index contributed by atoms with van der Waals surface area (Å²) in [6, 6.07) is 9.13. The van der Waals surface area contributed by atoms with Crippen molar-refractivity contribution in [1.29, 1.82) is 0 Å². The van der Waals surface area contributed by atoms with Gasteiger partial charge in [0.15, 0.2) is 5.03 Å². The number of sulfonamides is 1. The second-order valence-electron chi connectivity index (χ2n) is 6.66. The third-order valence-corrected chi connectivity index (χ3v) is 5.71. The van der Waals surface area contributed by atoms with Crippen molar-refractivity contribution in [2.75, 3.05) is 28.4 Å². The Labute approximate surface area is 176 Å². The minimum Gasteiger partial charge on any atom is -0.370 e. The smallest absolute Gasteiger partial charge is 0.370 e. The molecular weight excluding hydrogens is 433 g/mol. The van der Waals surface area contributed by atoms with E-state index in [0.717, 1.165) is 12.1 Å². The molecule has 0 unspecified atom stereocenters. The Kier molecular flexibility index (Phi) is 5.39. The molecule has 0 saturated carbocycles. The monoisotopic (exact) mass is 450 g/mol. The van der Waals surface area contributed by atoms with Crippen LogP contribution in [0.5, 0.6) is 0 Å². The standard InChI is InChI=1S/C19H17F3N6O2S/c20-19(21,22)13-7-8-15-27-17(13)12-4-2-9-24-18(12)25-11-3-10-23-14-5-1-6-16(26-14)31(29,30)28-15/h1-2,4-9H,3,10-11H2,(H,23,26)(H,24,25)(H,27,28). The van der Waals surface area contributed by atoms with Crippen molar-refractivity contribution < 1.29 is 21.6 Å². The number of fused-ring (bicyclic) bond motifs is 6. The normalized spacial score (nSPS) is 15.8. The topological polar surface area (TPSA) is 109 Å². The number of anilines is 3. The van der Waals surface area contributed by atoms with Gasteiger partial charge in [-0.05, 0) is 42.8 Å². The molecule has 3 aromatic rings. The Morgan fingerprint density at radius 1 is 0.903 bits per heavy atom. The number of rotatable bonds is 0. The molecule has 4 bridgehead atoms. The molecule has 3 aromatic heterocycles. The van der Waals surface area contributed by atoms with Gasteiger partial charge >= 0.3 is 6.18 Å². The zero-order chi connectivity index (χ0) is 22.1. The Hall–Kier alpha value is -3.41. The van der Waals surface area contributed by atoms with Crippen LogP contribution >= 0.6 is 0 Å². The highest BCUT2D eigenvalue weighted by Crippen LogP contribution is 2.39. The van der Waals surface area contributed by atoms with E-state index >= 15 is 0 Å². The summed E-state index contributed by atoms with van der Waals surface area (Å²) < 4.78 is 68.7. The molecule has 0 saturated heterocycles. The first-order valence-corrected chi connectivity index (χ1v) is 10.7. The quantitative estimate of drug-likeness (QED) is 0.480. The van der Waals surface area contributed by atoms with Gasteiger partial charge in [-0.25, -0.2) is 15.0 Å². The van der Waals surface area contributed by atoms with Gasteiger partial charge in [0, 0.05) is 24.8 Å². The number of nitrogens with one attached hydrogen (secondary N) is 3. The summed E-state index contributed by atoms with van der Waals surface area (Å²) in [5, 5.41) is 5.77. The van der Waals surface area contributed by atoms with Gasteiger partial charge in [0.2, 0.25) is 0 Å². The summed E-state index contributed by atoms with van der Waals surface area (Å²) in [5.41, 5.74) is -1.33. The van der Waals surface area contributed by atoms with Crippen LogP contribution in [0.4, 0.5) is 30.6 Å². The lowest BCUT2D eigenvalue weighted by atomic mass is 10.1. The maximum atomic E-state index is 13.7. The van der Waals surface area contributed by atoms with E-state index in [9.17, 15) is 21.6 Å². The number of hydrogen-bond donors (Lipinski definition) is 3. The largest absolute Gasteiger partial charge is 0.418 e. The van der Waals surface area contributed by atoms with Gasteiger partial charge in [-0.3, -0.25) is 4.72 Å². The molecule has 0 amide bonds. The van der Waals surface area contributed by atoms with Gasteiger partial charge in [0.25, 0.3) is 10.0 Å². The van der Waals surface area contributed by atoms with Crippen LogP contribution in [0.25, 0.3) is 11.3 Å². The van der Waals surface area contributed by atoms with Crippen molar-refractivity contribution in [3.05, 3.63) is 54.2 Å². The van der Waals surface area contributed by atoms with E-state index in [2.05, 4.69) is 30.3 Å². The third kappa shape index (κ3) is 4.53. The predicted molar refractivity (Wildman–Crippen MR) is 109 cm³/mol. The number of nitrogens with zero attached hydrogens (tertiary/aromatic N) is 3. The molecule has 4 rings (SSSR count). The molecule has 4 heterocycles. The van der Waals surface area contributed by atoms with E-state index in [0.29, 0.717) is 25.3 Å². The van der Waals surface area contributed by atoms with Crippen LogP contribution in [0, 0.1) is 0 Å². The van der Waals surface area contributed by atoms with Crippen LogP contribution in [-0.2, 0) is 16.2 Å². The van der Waals surface area contributed by atoms with E-state index in [1.165, 1.54) is 30.5 Å². The molecule has 31 heavy (non-hydrogen) atoms. The molecule has 0 aliphatic carbocycles. The van der Waals surface area contributed by atoms with Crippen LogP contribution in [0.1, 0.15) is 12.0 Å². The number of aromatic nitrogens is 3. The summed E-state index contributed by atoms with van der Waals surface area (Å²) in [5.74, 6) is 0.305. The summed E-state index contributed by atoms with van der Waals surface area (Å²) in [6.07, 6.45) is -2.67. The zero-order valence-corrected chi connectivity index (χ0v) is 16.8. The SMILES string of the molecule is O=S1(=O)Nc2ccc(C(F)(F)F)c(n2)-c2cccnc2NCCCNc2cccc1n2. The Bertz CT molecular complexity index is 1220. The zero-order valence-electron chi connectivity index (χ0n) is 15.9. The fourth-order valence-corrected chi connectivity index (χ4v) is 4.02. The molecule has 0 atom stereocenters. The number of halogens is 3. The van der Waals surface area contributed by atoms with Crippen LogP contribution < -0.4 is 15.4 Å². The predicted octanol–water partition coefficient (Wildman–Crippen LogP) is 3.59. The lowest BCUT2D eigenvalue weighted by molar-refractivity contribution is -0.137. The van der Waals surface area contributed by atoms with E-state index in [-0.39, 0.29) is 22.2 Å². The number of hydrogen-bond acceptors (Lipinski definition) is 7. The Morgan fingerprint density at radius 2 is 1.71 bits per heavy atom. The van der Waals surface area contributed by atoms with Gasteiger partial charge in [-0.15, -0.1) is 0 Å². The molecular formula is C19H17F3N6O2S. The van der Waals surface area contributed by atoms with Gasteiger partial charge in [0.05, 0.1) is 11.3 Å². The second kappa shape index (κ2) is 8.02. The Balaban J connectivity index is 1.88. The molecule has 0 radical (unpaired) electrons. The van der Waals surface area contributed by atoms with Crippen molar-refractivity contribution in [3.63, 3.8) is 0 Å². The molecule has 0 spiro atoms. The minimum atomic E-state index is -4.70. The maximum Gasteiger partial charge on any atom is 0.418 e. The van der Waals surface area contributed by atoms with E-state index < -0.39 is 27.5 Å². The van der Waals surface area contributed by atoms with Gasteiger partial charge in [-0.2, -0.15) is 21.6 Å². The maximum absolute atomic E-state index is 13.7. The number of alkyl halides is 3. The molecule has 8 nitrogen and oxygen atoms in total. The van der Waals surface area contributed by atoms with Gasteiger partial charge in [0.1, 0.15) is 17.5 Å². The van der Waals surface area contributed by atoms with Crippen molar-refractivity contribution in [3.8, 4) is 11.3 Å². The fourth-order valence-electron chi connectivity index (χ4n) is 3.05. The average molecular weight is 450 g/mol. The highest BCUT2D eigenvalue weighted by molar-refractivity contribution is 7.92. The molecule has 162 valence electrons. The fraction of sp³-hybridized carbons (Fsp3) is 0.211.